The fourth-order valence-electron chi connectivity index (χ4n) is 2.82. The number of anilines is 1. The van der Waals surface area contributed by atoms with Gasteiger partial charge in [0.25, 0.3) is 0 Å². The van der Waals surface area contributed by atoms with E-state index in [-0.39, 0.29) is 0 Å². The molecular weight excluding hydrogens is 260 g/mol. The van der Waals surface area contributed by atoms with E-state index in [0.717, 1.165) is 48.5 Å². The van der Waals surface area contributed by atoms with Crippen molar-refractivity contribution in [1.29, 1.82) is 5.26 Å². The SMILES string of the molecule is Cc1ccc2cc(CC#N)c(N3CCN(C)CC3)nc2c1. The number of hydrogen-bond donors (Lipinski definition) is 0. The number of hydrogen-bond acceptors (Lipinski definition) is 4. The summed E-state index contributed by atoms with van der Waals surface area (Å²) in [4.78, 5) is 9.50. The second-order valence-corrected chi connectivity index (χ2v) is 5.79. The van der Waals surface area contributed by atoms with Gasteiger partial charge in [0.15, 0.2) is 0 Å². The van der Waals surface area contributed by atoms with Crippen molar-refractivity contribution < 1.29 is 0 Å². The summed E-state index contributed by atoms with van der Waals surface area (Å²) >= 11 is 0. The number of fused-ring (bicyclic) bond motifs is 1. The lowest BCUT2D eigenvalue weighted by Crippen LogP contribution is -2.45. The first kappa shape index (κ1) is 13.8. The van der Waals surface area contributed by atoms with Crippen molar-refractivity contribution in [3.05, 3.63) is 35.4 Å². The van der Waals surface area contributed by atoms with Gasteiger partial charge < -0.3 is 9.80 Å². The molecule has 1 aromatic carbocycles. The van der Waals surface area contributed by atoms with Gasteiger partial charge >= 0.3 is 0 Å². The molecule has 1 aliphatic rings. The lowest BCUT2D eigenvalue weighted by Gasteiger charge is -2.34. The molecule has 0 spiro atoms. The van der Waals surface area contributed by atoms with Crippen LogP contribution in [0.3, 0.4) is 0 Å². The normalized spacial score (nSPS) is 16.1. The van der Waals surface area contributed by atoms with Gasteiger partial charge in [0.05, 0.1) is 18.0 Å². The van der Waals surface area contributed by atoms with Crippen LogP contribution in [0.25, 0.3) is 10.9 Å². The number of piperazine rings is 1. The summed E-state index contributed by atoms with van der Waals surface area (Å²) in [5, 5.41) is 10.2. The Kier molecular flexibility index (Phi) is 3.76. The molecule has 3 rings (SSSR count). The minimum absolute atomic E-state index is 0.415. The van der Waals surface area contributed by atoms with Crippen molar-refractivity contribution in [3.8, 4) is 6.07 Å². The Labute approximate surface area is 125 Å². The summed E-state index contributed by atoms with van der Waals surface area (Å²) in [6, 6.07) is 10.7. The van der Waals surface area contributed by atoms with Gasteiger partial charge in [-0.25, -0.2) is 4.98 Å². The predicted molar refractivity (Wildman–Crippen MR) is 85.5 cm³/mol. The Bertz CT molecular complexity index is 694. The third kappa shape index (κ3) is 2.84. The second-order valence-electron chi connectivity index (χ2n) is 5.79. The van der Waals surface area contributed by atoms with E-state index in [2.05, 4.69) is 54.1 Å². The van der Waals surface area contributed by atoms with Crippen LogP contribution in [0.1, 0.15) is 11.1 Å². The first-order chi connectivity index (χ1) is 10.2. The number of pyridine rings is 1. The molecule has 0 saturated carbocycles. The van der Waals surface area contributed by atoms with Crippen LogP contribution in [0.15, 0.2) is 24.3 Å². The standard InChI is InChI=1S/C17H20N4/c1-13-3-4-14-12-15(5-6-18)17(19-16(14)11-13)21-9-7-20(2)8-10-21/h3-4,11-12H,5,7-10H2,1-2H3. The smallest absolute Gasteiger partial charge is 0.133 e. The Morgan fingerprint density at radius 3 is 2.67 bits per heavy atom. The average Bonchev–Trinajstić information content (AvgIpc) is 2.48. The Morgan fingerprint density at radius 2 is 1.95 bits per heavy atom. The molecule has 0 bridgehead atoms. The van der Waals surface area contributed by atoms with Crippen molar-refractivity contribution in [1.82, 2.24) is 9.88 Å². The van der Waals surface area contributed by atoms with E-state index in [4.69, 9.17) is 10.2 Å². The monoisotopic (exact) mass is 280 g/mol. The third-order valence-electron chi connectivity index (χ3n) is 4.10. The zero-order chi connectivity index (χ0) is 14.8. The molecule has 0 unspecified atom stereocenters. The number of aromatic nitrogens is 1. The molecule has 1 saturated heterocycles. The molecule has 2 aromatic rings. The Hall–Kier alpha value is -2.12. The van der Waals surface area contributed by atoms with Crippen molar-refractivity contribution in [2.45, 2.75) is 13.3 Å². The van der Waals surface area contributed by atoms with Crippen molar-refractivity contribution in [3.63, 3.8) is 0 Å². The molecular formula is C17H20N4. The van der Waals surface area contributed by atoms with E-state index in [1.165, 1.54) is 5.56 Å². The molecule has 0 amide bonds. The fourth-order valence-corrected chi connectivity index (χ4v) is 2.82. The molecule has 1 aliphatic heterocycles. The van der Waals surface area contributed by atoms with Gasteiger partial charge in [-0.3, -0.25) is 0 Å². The fraction of sp³-hybridized carbons (Fsp3) is 0.412. The highest BCUT2D eigenvalue weighted by molar-refractivity contribution is 5.82. The van der Waals surface area contributed by atoms with Crippen LogP contribution >= 0.6 is 0 Å². The zero-order valence-corrected chi connectivity index (χ0v) is 12.6. The summed E-state index contributed by atoms with van der Waals surface area (Å²) in [5.41, 5.74) is 3.27. The van der Waals surface area contributed by atoms with Crippen molar-refractivity contribution in [2.24, 2.45) is 0 Å². The minimum atomic E-state index is 0.415. The summed E-state index contributed by atoms with van der Waals surface area (Å²) in [6.07, 6.45) is 0.415. The molecule has 21 heavy (non-hydrogen) atoms. The number of nitriles is 1. The maximum Gasteiger partial charge on any atom is 0.133 e. The zero-order valence-electron chi connectivity index (χ0n) is 12.6. The van der Waals surface area contributed by atoms with E-state index in [9.17, 15) is 0 Å². The molecule has 0 atom stereocenters. The summed E-state index contributed by atoms with van der Waals surface area (Å²) in [7, 11) is 2.14. The van der Waals surface area contributed by atoms with E-state index >= 15 is 0 Å². The molecule has 0 N–H and O–H groups in total. The molecule has 1 fully saturated rings. The lowest BCUT2D eigenvalue weighted by molar-refractivity contribution is 0.312. The maximum atomic E-state index is 9.10. The van der Waals surface area contributed by atoms with E-state index in [1.807, 2.05) is 0 Å². The Balaban J connectivity index is 2.05. The number of rotatable bonds is 2. The molecule has 1 aromatic heterocycles. The molecule has 0 radical (unpaired) electrons. The molecule has 2 heterocycles. The quantitative estimate of drug-likeness (QED) is 0.847. The van der Waals surface area contributed by atoms with Crippen LogP contribution in [0.4, 0.5) is 5.82 Å². The van der Waals surface area contributed by atoms with Gasteiger partial charge in [0.2, 0.25) is 0 Å². The lowest BCUT2D eigenvalue weighted by atomic mass is 10.1. The van der Waals surface area contributed by atoms with Gasteiger partial charge in [-0.05, 0) is 31.7 Å². The van der Waals surface area contributed by atoms with Crippen molar-refractivity contribution in [2.75, 3.05) is 38.1 Å². The van der Waals surface area contributed by atoms with Gasteiger partial charge in [-0.15, -0.1) is 0 Å². The van der Waals surface area contributed by atoms with Gasteiger partial charge in [-0.2, -0.15) is 5.26 Å². The van der Waals surface area contributed by atoms with Crippen LogP contribution < -0.4 is 4.90 Å². The van der Waals surface area contributed by atoms with Gasteiger partial charge in [-0.1, -0.05) is 12.1 Å². The van der Waals surface area contributed by atoms with E-state index < -0.39 is 0 Å². The van der Waals surface area contributed by atoms with Crippen LogP contribution in [-0.4, -0.2) is 43.1 Å². The first-order valence-corrected chi connectivity index (χ1v) is 7.38. The van der Waals surface area contributed by atoms with Crippen LogP contribution in [-0.2, 0) is 6.42 Å². The van der Waals surface area contributed by atoms with E-state index in [1.54, 1.807) is 0 Å². The topological polar surface area (TPSA) is 43.2 Å². The molecule has 4 nitrogen and oxygen atoms in total. The van der Waals surface area contributed by atoms with Crippen LogP contribution in [0.5, 0.6) is 0 Å². The van der Waals surface area contributed by atoms with Gasteiger partial charge in [0, 0.05) is 37.1 Å². The summed E-state index contributed by atoms with van der Waals surface area (Å²) in [6.45, 7) is 6.11. The number of benzene rings is 1. The van der Waals surface area contributed by atoms with Crippen LogP contribution in [0, 0.1) is 18.3 Å². The molecule has 0 aliphatic carbocycles. The molecule has 108 valence electrons. The maximum absolute atomic E-state index is 9.10. The Morgan fingerprint density at radius 1 is 1.19 bits per heavy atom. The van der Waals surface area contributed by atoms with Crippen LogP contribution in [0.2, 0.25) is 0 Å². The molecule has 4 heteroatoms. The predicted octanol–water partition coefficient (Wildman–Crippen LogP) is 2.36. The highest BCUT2D eigenvalue weighted by atomic mass is 15.3. The number of aryl methyl sites for hydroxylation is 1. The number of nitrogens with zero attached hydrogens (tertiary/aromatic N) is 4. The third-order valence-corrected chi connectivity index (χ3v) is 4.10. The van der Waals surface area contributed by atoms with Crippen molar-refractivity contribution >= 4 is 16.7 Å². The first-order valence-electron chi connectivity index (χ1n) is 7.38. The average molecular weight is 280 g/mol. The number of likely N-dealkylation sites (N-methyl/N-ethyl adjacent to an activating group) is 1. The summed E-state index contributed by atoms with van der Waals surface area (Å²) < 4.78 is 0. The second kappa shape index (κ2) is 5.71. The highest BCUT2D eigenvalue weighted by Gasteiger charge is 2.19. The van der Waals surface area contributed by atoms with E-state index in [0.29, 0.717) is 6.42 Å². The largest absolute Gasteiger partial charge is 0.354 e. The van der Waals surface area contributed by atoms with Gasteiger partial charge in [0.1, 0.15) is 5.82 Å². The highest BCUT2D eigenvalue weighted by Crippen LogP contribution is 2.25. The minimum Gasteiger partial charge on any atom is -0.354 e. The summed E-state index contributed by atoms with van der Waals surface area (Å²) in [5.74, 6) is 0.989.